The van der Waals surface area contributed by atoms with Crippen LogP contribution in [0.4, 0.5) is 0 Å². The van der Waals surface area contributed by atoms with Crippen LogP contribution >= 0.6 is 23.2 Å². The van der Waals surface area contributed by atoms with Gasteiger partial charge in [-0.15, -0.1) is 0 Å². The summed E-state index contributed by atoms with van der Waals surface area (Å²) in [5.74, 6) is -0.872. The van der Waals surface area contributed by atoms with Crippen LogP contribution in [0.15, 0.2) is 18.2 Å². The minimum atomic E-state index is -0.926. The first-order valence-corrected chi connectivity index (χ1v) is 8.29. The number of fused-ring (bicyclic) bond motifs is 2. The molecule has 2 fully saturated rings. The van der Waals surface area contributed by atoms with Gasteiger partial charge in [0.05, 0.1) is 16.1 Å². The third kappa shape index (κ3) is 2.52. The van der Waals surface area contributed by atoms with E-state index in [1.807, 2.05) is 11.8 Å². The van der Waals surface area contributed by atoms with Crippen LogP contribution in [0, 0.1) is 5.92 Å². The summed E-state index contributed by atoms with van der Waals surface area (Å²) in [6.45, 7) is 1.99. The van der Waals surface area contributed by atoms with Gasteiger partial charge in [0.2, 0.25) is 0 Å². The van der Waals surface area contributed by atoms with Gasteiger partial charge in [0, 0.05) is 17.6 Å². The number of carbonyl (C=O) groups is 1. The molecule has 0 aliphatic carbocycles. The van der Waals surface area contributed by atoms with Crippen molar-refractivity contribution in [2.24, 2.45) is 5.92 Å². The highest BCUT2D eigenvalue weighted by Crippen LogP contribution is 2.45. The maximum Gasteiger partial charge on any atom is 0.325 e. The minimum absolute atomic E-state index is 0.0542. The van der Waals surface area contributed by atoms with E-state index >= 15 is 0 Å². The van der Waals surface area contributed by atoms with Crippen LogP contribution in [0.1, 0.15) is 37.8 Å². The van der Waals surface area contributed by atoms with Gasteiger partial charge >= 0.3 is 5.97 Å². The number of halogens is 2. The Kier molecular flexibility index (Phi) is 4.38. The van der Waals surface area contributed by atoms with Crippen molar-refractivity contribution in [3.63, 3.8) is 0 Å². The Balaban J connectivity index is 2.03. The van der Waals surface area contributed by atoms with E-state index in [1.165, 1.54) is 0 Å². The molecular formula is C16H19Cl2NO3. The topological polar surface area (TPSA) is 60.8 Å². The second-order valence-electron chi connectivity index (χ2n) is 6.29. The lowest BCUT2D eigenvalue weighted by Gasteiger charge is -2.44. The molecule has 3 rings (SSSR count). The van der Waals surface area contributed by atoms with E-state index < -0.39 is 12.0 Å². The van der Waals surface area contributed by atoms with Crippen molar-refractivity contribution in [2.75, 3.05) is 0 Å². The maximum absolute atomic E-state index is 12.0. The van der Waals surface area contributed by atoms with Crippen molar-refractivity contribution >= 4 is 29.2 Å². The fourth-order valence-corrected chi connectivity index (χ4v) is 4.42. The minimum Gasteiger partial charge on any atom is -0.480 e. The molecule has 2 heterocycles. The lowest BCUT2D eigenvalue weighted by molar-refractivity contribution is -0.148. The van der Waals surface area contributed by atoms with Gasteiger partial charge in [0.15, 0.2) is 0 Å². The molecule has 22 heavy (non-hydrogen) atoms. The van der Waals surface area contributed by atoms with Gasteiger partial charge in [0.1, 0.15) is 6.04 Å². The largest absolute Gasteiger partial charge is 0.480 e. The van der Waals surface area contributed by atoms with Crippen molar-refractivity contribution in [2.45, 2.75) is 50.4 Å². The summed E-state index contributed by atoms with van der Waals surface area (Å²) in [4.78, 5) is 14.0. The summed E-state index contributed by atoms with van der Waals surface area (Å²) in [5.41, 5.74) is 0.530. The predicted molar refractivity (Wildman–Crippen MR) is 85.3 cm³/mol. The summed E-state index contributed by atoms with van der Waals surface area (Å²) < 4.78 is 0. The van der Waals surface area contributed by atoms with E-state index in [2.05, 4.69) is 0 Å². The number of hydrogen-bond acceptors (Lipinski definition) is 3. The van der Waals surface area contributed by atoms with Crippen LogP contribution in [-0.4, -0.2) is 39.3 Å². The third-order valence-corrected chi connectivity index (χ3v) is 5.97. The number of nitrogens with zero attached hydrogens (tertiary/aromatic N) is 1. The average molecular weight is 344 g/mol. The molecule has 6 heteroatoms. The van der Waals surface area contributed by atoms with E-state index in [0.29, 0.717) is 22.0 Å². The molecule has 2 N–H and O–H groups in total. The molecular weight excluding hydrogens is 325 g/mol. The standard InChI is InChI=1S/C16H19Cl2NO3/c1-8-12-6-5-9(7-13(8)20)19(12)15(16(21)22)10-3-2-4-11(17)14(10)18/h2-4,8-9,12-13,15,20H,5-7H2,1H3,(H,21,22). The zero-order chi connectivity index (χ0) is 16.0. The first-order chi connectivity index (χ1) is 10.4. The first kappa shape index (κ1) is 16.1. The van der Waals surface area contributed by atoms with Gasteiger partial charge < -0.3 is 10.2 Å². The lowest BCUT2D eigenvalue weighted by Crippen LogP contribution is -2.53. The summed E-state index contributed by atoms with van der Waals surface area (Å²) in [5, 5.41) is 20.6. The summed E-state index contributed by atoms with van der Waals surface area (Å²) >= 11 is 12.3. The van der Waals surface area contributed by atoms with Crippen molar-refractivity contribution in [1.29, 1.82) is 0 Å². The molecule has 1 aromatic carbocycles. The molecule has 0 aromatic heterocycles. The number of rotatable bonds is 3. The molecule has 120 valence electrons. The lowest BCUT2D eigenvalue weighted by atomic mass is 9.87. The van der Waals surface area contributed by atoms with Gasteiger partial charge in [-0.05, 0) is 31.2 Å². The Labute approximate surface area is 139 Å². The molecule has 2 saturated heterocycles. The Morgan fingerprint density at radius 1 is 1.36 bits per heavy atom. The maximum atomic E-state index is 12.0. The van der Waals surface area contributed by atoms with Crippen molar-refractivity contribution in [1.82, 2.24) is 4.90 Å². The summed E-state index contributed by atoms with van der Waals surface area (Å²) in [6.07, 6.45) is 2.07. The van der Waals surface area contributed by atoms with E-state index in [-0.39, 0.29) is 24.1 Å². The fourth-order valence-electron chi connectivity index (χ4n) is 4.01. The smallest absolute Gasteiger partial charge is 0.325 e. The van der Waals surface area contributed by atoms with E-state index in [0.717, 1.165) is 12.8 Å². The SMILES string of the molecule is CC1C(O)CC2CCC1N2C(C(=O)O)c1cccc(Cl)c1Cl. The zero-order valence-electron chi connectivity index (χ0n) is 12.2. The van der Waals surface area contributed by atoms with Crippen LogP contribution in [0.3, 0.4) is 0 Å². The molecule has 0 spiro atoms. The molecule has 2 aliphatic rings. The molecule has 0 saturated carbocycles. The van der Waals surface area contributed by atoms with Crippen LogP contribution in [0.5, 0.6) is 0 Å². The van der Waals surface area contributed by atoms with E-state index in [9.17, 15) is 15.0 Å². The Morgan fingerprint density at radius 3 is 2.77 bits per heavy atom. The van der Waals surface area contributed by atoms with Crippen molar-refractivity contribution < 1.29 is 15.0 Å². The monoisotopic (exact) mass is 343 g/mol. The molecule has 5 unspecified atom stereocenters. The Bertz CT molecular complexity index is 595. The summed E-state index contributed by atoms with van der Waals surface area (Å²) in [7, 11) is 0. The number of hydrogen-bond donors (Lipinski definition) is 2. The highest BCUT2D eigenvalue weighted by molar-refractivity contribution is 6.42. The zero-order valence-corrected chi connectivity index (χ0v) is 13.8. The van der Waals surface area contributed by atoms with Gasteiger partial charge in [-0.2, -0.15) is 0 Å². The van der Waals surface area contributed by atoms with Crippen LogP contribution in [-0.2, 0) is 4.79 Å². The second kappa shape index (κ2) is 6.00. The van der Waals surface area contributed by atoms with Gasteiger partial charge in [-0.25, -0.2) is 0 Å². The molecule has 0 radical (unpaired) electrons. The average Bonchev–Trinajstić information content (AvgIpc) is 2.79. The Morgan fingerprint density at radius 2 is 2.09 bits per heavy atom. The van der Waals surface area contributed by atoms with Crippen LogP contribution in [0.25, 0.3) is 0 Å². The van der Waals surface area contributed by atoms with Gasteiger partial charge in [-0.1, -0.05) is 42.3 Å². The highest BCUT2D eigenvalue weighted by Gasteiger charge is 2.49. The molecule has 4 nitrogen and oxygen atoms in total. The molecule has 1 aromatic rings. The summed E-state index contributed by atoms with van der Waals surface area (Å²) in [6, 6.07) is 4.42. The quantitative estimate of drug-likeness (QED) is 0.883. The van der Waals surface area contributed by atoms with E-state index in [1.54, 1.807) is 18.2 Å². The van der Waals surface area contributed by atoms with Crippen molar-refractivity contribution in [3.05, 3.63) is 33.8 Å². The predicted octanol–water partition coefficient (Wildman–Crippen LogP) is 3.35. The first-order valence-electron chi connectivity index (χ1n) is 7.54. The normalized spacial score (nSPS) is 32.9. The number of benzene rings is 1. The van der Waals surface area contributed by atoms with Crippen LogP contribution in [0.2, 0.25) is 10.0 Å². The molecule has 5 atom stereocenters. The number of aliphatic carboxylic acids is 1. The molecule has 2 aliphatic heterocycles. The number of carboxylic acid groups (broad SMARTS) is 1. The third-order valence-electron chi connectivity index (χ3n) is 5.14. The highest BCUT2D eigenvalue weighted by atomic mass is 35.5. The molecule has 0 amide bonds. The van der Waals surface area contributed by atoms with Gasteiger partial charge in [0.25, 0.3) is 0 Å². The van der Waals surface area contributed by atoms with Crippen LogP contribution < -0.4 is 0 Å². The van der Waals surface area contributed by atoms with E-state index in [4.69, 9.17) is 23.2 Å². The fraction of sp³-hybridized carbons (Fsp3) is 0.562. The number of aliphatic hydroxyl groups excluding tert-OH is 1. The number of carboxylic acids is 1. The van der Waals surface area contributed by atoms with Gasteiger partial charge in [-0.3, -0.25) is 9.69 Å². The van der Waals surface area contributed by atoms with Crippen molar-refractivity contribution in [3.8, 4) is 0 Å². The molecule has 2 bridgehead atoms. The Hall–Kier alpha value is -0.810. The second-order valence-corrected chi connectivity index (χ2v) is 7.08. The number of piperidine rings is 1. The number of aliphatic hydroxyl groups is 1.